The molecule has 4 heterocycles. The van der Waals surface area contributed by atoms with E-state index >= 15 is 0 Å². The Bertz CT molecular complexity index is 1470. The molecule has 1 aliphatic heterocycles. The number of fused-ring (bicyclic) bond motifs is 1. The number of benzene rings is 1. The molecule has 4 aromatic rings. The first-order chi connectivity index (χ1) is 17.9. The normalized spacial score (nSPS) is 15.7. The Morgan fingerprint density at radius 1 is 1.14 bits per heavy atom. The summed E-state index contributed by atoms with van der Waals surface area (Å²) >= 11 is 0. The molecule has 190 valence electrons. The monoisotopic (exact) mass is 500 g/mol. The lowest BCUT2D eigenvalue weighted by atomic mass is 10.1. The Labute approximate surface area is 213 Å². The van der Waals surface area contributed by atoms with Gasteiger partial charge in [-0.1, -0.05) is 25.1 Å². The van der Waals surface area contributed by atoms with E-state index in [1.54, 1.807) is 27.9 Å². The van der Waals surface area contributed by atoms with Crippen molar-refractivity contribution >= 4 is 28.5 Å². The Morgan fingerprint density at radius 2 is 1.92 bits per heavy atom. The lowest BCUT2D eigenvalue weighted by molar-refractivity contribution is -0.128. The summed E-state index contributed by atoms with van der Waals surface area (Å²) in [5.74, 6) is -0.467. The van der Waals surface area contributed by atoms with E-state index in [9.17, 15) is 14.4 Å². The van der Waals surface area contributed by atoms with Crippen molar-refractivity contribution in [1.82, 2.24) is 29.5 Å². The molecule has 0 radical (unpaired) electrons. The van der Waals surface area contributed by atoms with Gasteiger partial charge in [0, 0.05) is 43.6 Å². The summed E-state index contributed by atoms with van der Waals surface area (Å²) in [4.78, 5) is 50.5. The molecular formula is C27H28N6O4. The number of hydrogen-bond donors (Lipinski definition) is 1. The summed E-state index contributed by atoms with van der Waals surface area (Å²) in [5, 5.41) is 5.00. The van der Waals surface area contributed by atoms with Crippen molar-refractivity contribution in [2.45, 2.75) is 26.3 Å². The molecule has 1 N–H and O–H groups in total. The number of H-pyrrole nitrogens is 1. The highest BCUT2D eigenvalue weighted by atomic mass is 16.5. The maximum absolute atomic E-state index is 13.4. The number of piperazine rings is 1. The summed E-state index contributed by atoms with van der Waals surface area (Å²) in [6, 6.07) is 10.7. The summed E-state index contributed by atoms with van der Waals surface area (Å²) in [5.41, 5.74) is 2.26. The molecule has 10 nitrogen and oxygen atoms in total. The van der Waals surface area contributed by atoms with Crippen LogP contribution < -0.4 is 4.74 Å². The zero-order valence-electron chi connectivity index (χ0n) is 21.0. The quantitative estimate of drug-likeness (QED) is 0.322. The zero-order chi connectivity index (χ0) is 26.1. The molecule has 0 bridgehead atoms. The highest BCUT2D eigenvalue weighted by molar-refractivity contribution is 6.45. The number of carbonyl (C=O) groups excluding carboxylic acids is 3. The lowest BCUT2D eigenvalue weighted by Gasteiger charge is -2.39. The predicted molar refractivity (Wildman–Crippen MR) is 137 cm³/mol. The Hall–Kier alpha value is -4.47. The predicted octanol–water partition coefficient (Wildman–Crippen LogP) is 2.88. The van der Waals surface area contributed by atoms with Gasteiger partial charge in [0.1, 0.15) is 5.75 Å². The second-order valence-electron chi connectivity index (χ2n) is 9.00. The van der Waals surface area contributed by atoms with Crippen LogP contribution in [0.3, 0.4) is 0 Å². The third kappa shape index (κ3) is 4.35. The molecular weight excluding hydrogens is 472 g/mol. The first-order valence-electron chi connectivity index (χ1n) is 12.2. The molecule has 1 aliphatic rings. The topological polar surface area (TPSA) is 113 Å². The van der Waals surface area contributed by atoms with Crippen LogP contribution in [0.4, 0.5) is 0 Å². The number of carbonyl (C=O) groups is 3. The van der Waals surface area contributed by atoms with E-state index in [0.717, 1.165) is 12.1 Å². The van der Waals surface area contributed by atoms with Crippen LogP contribution in [0.2, 0.25) is 0 Å². The molecule has 1 saturated heterocycles. The number of ether oxygens (including phenoxy) is 1. The molecule has 0 unspecified atom stereocenters. The van der Waals surface area contributed by atoms with Gasteiger partial charge in [0.2, 0.25) is 0 Å². The number of methoxy groups -OCH3 is 1. The van der Waals surface area contributed by atoms with Crippen LogP contribution in [-0.4, -0.2) is 79.9 Å². The second kappa shape index (κ2) is 9.88. The molecule has 37 heavy (non-hydrogen) atoms. The van der Waals surface area contributed by atoms with E-state index < -0.39 is 11.7 Å². The van der Waals surface area contributed by atoms with E-state index in [1.807, 2.05) is 38.1 Å². The van der Waals surface area contributed by atoms with Gasteiger partial charge in [0.05, 0.1) is 35.5 Å². The van der Waals surface area contributed by atoms with Crippen LogP contribution in [0, 0.1) is 0 Å². The van der Waals surface area contributed by atoms with Crippen LogP contribution in [-0.2, 0) is 11.2 Å². The number of aromatic amines is 1. The summed E-state index contributed by atoms with van der Waals surface area (Å²) in [7, 11) is 1.49. The van der Waals surface area contributed by atoms with Crippen LogP contribution in [0.25, 0.3) is 16.7 Å². The zero-order valence-corrected chi connectivity index (χ0v) is 21.0. The molecule has 0 aliphatic carbocycles. The smallest absolute Gasteiger partial charge is 0.295 e. The first kappa shape index (κ1) is 24.2. The number of rotatable bonds is 6. The van der Waals surface area contributed by atoms with Crippen LogP contribution in [0.1, 0.15) is 40.3 Å². The SMILES string of the molecule is CCc1ccn(-c2ncc(OC)c3c(C(=O)C(=O)N4CCN(C(=O)c5ccccc5)[C@H](C)C4)c[nH]c23)n1. The highest BCUT2D eigenvalue weighted by Crippen LogP contribution is 2.32. The molecule has 1 fully saturated rings. The molecule has 0 saturated carbocycles. The average molecular weight is 501 g/mol. The lowest BCUT2D eigenvalue weighted by Crippen LogP contribution is -2.56. The maximum atomic E-state index is 13.4. The number of nitrogens with one attached hydrogen (secondary N) is 1. The highest BCUT2D eigenvalue weighted by Gasteiger charge is 2.34. The average Bonchev–Trinajstić information content (AvgIpc) is 3.60. The summed E-state index contributed by atoms with van der Waals surface area (Å²) < 4.78 is 7.12. The molecule has 1 aromatic carbocycles. The van der Waals surface area contributed by atoms with Crippen molar-refractivity contribution in [3.8, 4) is 11.6 Å². The van der Waals surface area contributed by atoms with Gasteiger partial charge in [-0.2, -0.15) is 5.10 Å². The number of Topliss-reactive ketones (excluding diaryl/α,β-unsaturated/α-hetero) is 1. The van der Waals surface area contributed by atoms with Gasteiger partial charge >= 0.3 is 0 Å². The third-order valence-corrected chi connectivity index (χ3v) is 6.73. The van der Waals surface area contributed by atoms with Gasteiger partial charge in [-0.05, 0) is 31.5 Å². The van der Waals surface area contributed by atoms with Crippen molar-refractivity contribution < 1.29 is 19.1 Å². The summed E-state index contributed by atoms with van der Waals surface area (Å²) in [6.45, 7) is 4.78. The van der Waals surface area contributed by atoms with E-state index in [2.05, 4.69) is 15.1 Å². The third-order valence-electron chi connectivity index (χ3n) is 6.73. The molecule has 0 spiro atoms. The summed E-state index contributed by atoms with van der Waals surface area (Å²) in [6.07, 6.45) is 5.62. The molecule has 3 aromatic heterocycles. The van der Waals surface area contributed by atoms with Crippen LogP contribution in [0.15, 0.2) is 55.0 Å². The number of hydrogen-bond acceptors (Lipinski definition) is 6. The van der Waals surface area contributed by atoms with Gasteiger partial charge in [-0.15, -0.1) is 0 Å². The van der Waals surface area contributed by atoms with Crippen molar-refractivity contribution in [3.63, 3.8) is 0 Å². The van der Waals surface area contributed by atoms with Crippen molar-refractivity contribution in [2.24, 2.45) is 0 Å². The molecule has 2 amide bonds. The Balaban J connectivity index is 1.39. The Morgan fingerprint density at radius 3 is 2.59 bits per heavy atom. The number of aryl methyl sites for hydroxylation is 1. The fraction of sp³-hybridized carbons (Fsp3) is 0.296. The standard InChI is InChI=1S/C27H28N6O4/c1-4-19-10-11-33(30-19)25-23-22(21(37-3)15-29-25)20(14-28-23)24(34)27(36)31-12-13-32(17(2)16-31)26(35)18-8-6-5-7-9-18/h5-11,14-15,17,28H,4,12-13,16H2,1-3H3/t17-/m1/s1. The van der Waals surface area contributed by atoms with Gasteiger partial charge in [-0.3, -0.25) is 14.4 Å². The van der Waals surface area contributed by atoms with Crippen LogP contribution in [0.5, 0.6) is 5.75 Å². The maximum Gasteiger partial charge on any atom is 0.295 e. The number of pyridine rings is 1. The van der Waals surface area contributed by atoms with E-state index in [-0.39, 0.29) is 30.6 Å². The number of nitrogens with zero attached hydrogens (tertiary/aromatic N) is 5. The van der Waals surface area contributed by atoms with Gasteiger partial charge in [0.15, 0.2) is 5.82 Å². The van der Waals surface area contributed by atoms with E-state index in [0.29, 0.717) is 34.6 Å². The fourth-order valence-corrected chi connectivity index (χ4v) is 4.73. The second-order valence-corrected chi connectivity index (χ2v) is 9.00. The van der Waals surface area contributed by atoms with Crippen LogP contribution >= 0.6 is 0 Å². The minimum Gasteiger partial charge on any atom is -0.494 e. The molecule has 5 rings (SSSR count). The minimum atomic E-state index is -0.647. The van der Waals surface area contributed by atoms with Gasteiger partial charge < -0.3 is 19.5 Å². The first-order valence-corrected chi connectivity index (χ1v) is 12.2. The van der Waals surface area contributed by atoms with E-state index in [4.69, 9.17) is 4.74 Å². The molecule has 10 heteroatoms. The van der Waals surface area contributed by atoms with Crippen molar-refractivity contribution in [1.29, 1.82) is 0 Å². The number of ketones is 1. The minimum absolute atomic E-state index is 0.0854. The van der Waals surface area contributed by atoms with Crippen molar-refractivity contribution in [2.75, 3.05) is 26.7 Å². The van der Waals surface area contributed by atoms with Gasteiger partial charge in [0.25, 0.3) is 17.6 Å². The largest absolute Gasteiger partial charge is 0.494 e. The van der Waals surface area contributed by atoms with Crippen molar-refractivity contribution in [3.05, 3.63) is 71.8 Å². The fourth-order valence-electron chi connectivity index (χ4n) is 4.73. The van der Waals surface area contributed by atoms with Gasteiger partial charge in [-0.25, -0.2) is 9.67 Å². The number of aromatic nitrogens is 4. The Kier molecular flexibility index (Phi) is 6.47. The molecule has 1 atom stereocenters. The number of amides is 2. The van der Waals surface area contributed by atoms with E-state index in [1.165, 1.54) is 24.4 Å².